The first-order chi connectivity index (χ1) is 10.1. The van der Waals surface area contributed by atoms with Gasteiger partial charge in [0.05, 0.1) is 12.2 Å². The Balaban J connectivity index is 1.62. The van der Waals surface area contributed by atoms with Crippen molar-refractivity contribution in [2.24, 2.45) is 0 Å². The van der Waals surface area contributed by atoms with Gasteiger partial charge >= 0.3 is 6.18 Å². The van der Waals surface area contributed by atoms with Gasteiger partial charge in [-0.1, -0.05) is 0 Å². The molecular weight excluding hydrogens is 281 g/mol. The van der Waals surface area contributed by atoms with Gasteiger partial charge in [0.15, 0.2) is 0 Å². The standard InChI is InChI=1S/C15H21F3N2O/c16-15(17,18)13-3-5-14(6-4-13)21-12-2-1-9-20-10-7-19-8-11-20/h3-6,19H,1-2,7-12H2. The maximum absolute atomic E-state index is 12.4. The van der Waals surface area contributed by atoms with Crippen LogP contribution in [-0.4, -0.2) is 44.2 Å². The van der Waals surface area contributed by atoms with Crippen LogP contribution in [0.25, 0.3) is 0 Å². The van der Waals surface area contributed by atoms with Gasteiger partial charge < -0.3 is 15.0 Å². The molecule has 21 heavy (non-hydrogen) atoms. The Bertz CT molecular complexity index is 414. The SMILES string of the molecule is FC(F)(F)c1ccc(OCCCCN2CCNCC2)cc1. The van der Waals surface area contributed by atoms with E-state index in [9.17, 15) is 13.2 Å². The third-order valence-electron chi connectivity index (χ3n) is 3.53. The summed E-state index contributed by atoms with van der Waals surface area (Å²) in [5.41, 5.74) is -0.645. The van der Waals surface area contributed by atoms with E-state index < -0.39 is 11.7 Å². The summed E-state index contributed by atoms with van der Waals surface area (Å²) in [6, 6.07) is 4.85. The van der Waals surface area contributed by atoms with Gasteiger partial charge in [0, 0.05) is 26.2 Å². The zero-order valence-corrected chi connectivity index (χ0v) is 12.0. The van der Waals surface area contributed by atoms with E-state index >= 15 is 0 Å². The molecule has 1 aromatic carbocycles. The maximum Gasteiger partial charge on any atom is 0.416 e. The fourth-order valence-electron chi connectivity index (χ4n) is 2.30. The van der Waals surface area contributed by atoms with E-state index in [-0.39, 0.29) is 0 Å². The van der Waals surface area contributed by atoms with E-state index in [1.165, 1.54) is 12.1 Å². The number of benzene rings is 1. The Morgan fingerprint density at radius 2 is 1.71 bits per heavy atom. The van der Waals surface area contributed by atoms with E-state index in [2.05, 4.69) is 10.2 Å². The normalized spacial score (nSPS) is 16.9. The Kier molecular flexibility index (Phi) is 5.87. The molecule has 1 aliphatic rings. The number of halogens is 3. The van der Waals surface area contributed by atoms with Crippen molar-refractivity contribution in [3.63, 3.8) is 0 Å². The van der Waals surface area contributed by atoms with Gasteiger partial charge in [0.2, 0.25) is 0 Å². The summed E-state index contributed by atoms with van der Waals surface area (Å²) in [6.07, 6.45) is -2.34. The van der Waals surface area contributed by atoms with E-state index in [1.807, 2.05) is 0 Å². The van der Waals surface area contributed by atoms with Crippen molar-refractivity contribution in [3.05, 3.63) is 29.8 Å². The number of nitrogens with one attached hydrogen (secondary N) is 1. The van der Waals surface area contributed by atoms with Gasteiger partial charge in [-0.05, 0) is 43.7 Å². The summed E-state index contributed by atoms with van der Waals surface area (Å²) in [5, 5.41) is 3.31. The predicted molar refractivity (Wildman–Crippen MR) is 75.5 cm³/mol. The van der Waals surface area contributed by atoms with Gasteiger partial charge in [-0.15, -0.1) is 0 Å². The second kappa shape index (κ2) is 7.66. The van der Waals surface area contributed by atoms with Gasteiger partial charge in [-0.25, -0.2) is 0 Å². The van der Waals surface area contributed by atoms with Gasteiger partial charge in [0.1, 0.15) is 5.75 Å². The number of piperazine rings is 1. The summed E-state index contributed by atoms with van der Waals surface area (Å²) in [5.74, 6) is 0.491. The molecular formula is C15H21F3N2O. The molecule has 0 unspecified atom stereocenters. The van der Waals surface area contributed by atoms with Crippen molar-refractivity contribution in [1.82, 2.24) is 10.2 Å². The number of hydrogen-bond donors (Lipinski definition) is 1. The van der Waals surface area contributed by atoms with Crippen LogP contribution in [0.3, 0.4) is 0 Å². The van der Waals surface area contributed by atoms with Crippen molar-refractivity contribution in [2.45, 2.75) is 19.0 Å². The smallest absolute Gasteiger partial charge is 0.416 e. The number of ether oxygens (including phenoxy) is 1. The largest absolute Gasteiger partial charge is 0.494 e. The fraction of sp³-hybridized carbons (Fsp3) is 0.600. The molecule has 0 radical (unpaired) electrons. The molecule has 1 aliphatic heterocycles. The number of hydrogen-bond acceptors (Lipinski definition) is 3. The Hall–Kier alpha value is -1.27. The van der Waals surface area contributed by atoms with Crippen LogP contribution in [0.5, 0.6) is 5.75 Å². The highest BCUT2D eigenvalue weighted by atomic mass is 19.4. The molecule has 0 aromatic heterocycles. The highest BCUT2D eigenvalue weighted by molar-refractivity contribution is 5.28. The first-order valence-corrected chi connectivity index (χ1v) is 7.29. The van der Waals surface area contributed by atoms with Gasteiger partial charge in [-0.2, -0.15) is 13.2 Å². The molecule has 0 atom stereocenters. The lowest BCUT2D eigenvalue weighted by molar-refractivity contribution is -0.137. The molecule has 1 fully saturated rings. The third-order valence-corrected chi connectivity index (χ3v) is 3.53. The molecule has 118 valence electrons. The van der Waals surface area contributed by atoms with E-state index in [0.717, 1.165) is 57.7 Å². The minimum absolute atomic E-state index is 0.491. The average molecular weight is 302 g/mol. The lowest BCUT2D eigenvalue weighted by Crippen LogP contribution is -2.43. The Morgan fingerprint density at radius 3 is 2.33 bits per heavy atom. The molecule has 2 rings (SSSR count). The summed E-state index contributed by atoms with van der Waals surface area (Å²) >= 11 is 0. The van der Waals surface area contributed by atoms with Crippen LogP contribution in [-0.2, 0) is 6.18 Å². The van der Waals surface area contributed by atoms with Crippen LogP contribution in [0, 0.1) is 0 Å². The molecule has 0 aliphatic carbocycles. The maximum atomic E-state index is 12.4. The molecule has 1 N–H and O–H groups in total. The van der Waals surface area contributed by atoms with Crippen molar-refractivity contribution >= 4 is 0 Å². The summed E-state index contributed by atoms with van der Waals surface area (Å²) in [6.45, 7) is 5.85. The number of alkyl halides is 3. The second-order valence-electron chi connectivity index (χ2n) is 5.17. The monoisotopic (exact) mass is 302 g/mol. The minimum Gasteiger partial charge on any atom is -0.494 e. The fourth-order valence-corrected chi connectivity index (χ4v) is 2.30. The van der Waals surface area contributed by atoms with Crippen molar-refractivity contribution in [1.29, 1.82) is 0 Å². The first kappa shape index (κ1) is 16.1. The van der Waals surface area contributed by atoms with Crippen LogP contribution >= 0.6 is 0 Å². The van der Waals surface area contributed by atoms with Crippen LogP contribution in [0.1, 0.15) is 18.4 Å². The van der Waals surface area contributed by atoms with Crippen molar-refractivity contribution < 1.29 is 17.9 Å². The molecule has 0 saturated carbocycles. The molecule has 0 bridgehead atoms. The summed E-state index contributed by atoms with van der Waals surface area (Å²) in [4.78, 5) is 2.41. The zero-order valence-electron chi connectivity index (χ0n) is 12.0. The molecule has 0 spiro atoms. The third kappa shape index (κ3) is 5.55. The van der Waals surface area contributed by atoms with Crippen LogP contribution in [0.15, 0.2) is 24.3 Å². The first-order valence-electron chi connectivity index (χ1n) is 7.29. The van der Waals surface area contributed by atoms with E-state index in [1.54, 1.807) is 0 Å². The zero-order chi connectivity index (χ0) is 15.1. The second-order valence-corrected chi connectivity index (χ2v) is 5.17. The van der Waals surface area contributed by atoms with Crippen molar-refractivity contribution in [2.75, 3.05) is 39.3 Å². The van der Waals surface area contributed by atoms with Crippen molar-refractivity contribution in [3.8, 4) is 5.75 Å². The Morgan fingerprint density at radius 1 is 1.05 bits per heavy atom. The Labute approximate surface area is 123 Å². The van der Waals surface area contributed by atoms with Crippen LogP contribution in [0.4, 0.5) is 13.2 Å². The molecule has 0 amide bonds. The highest BCUT2D eigenvalue weighted by Crippen LogP contribution is 2.30. The molecule has 3 nitrogen and oxygen atoms in total. The molecule has 1 saturated heterocycles. The van der Waals surface area contributed by atoms with Crippen LogP contribution < -0.4 is 10.1 Å². The average Bonchev–Trinajstić information content (AvgIpc) is 2.47. The number of unbranched alkanes of at least 4 members (excludes halogenated alkanes) is 1. The van der Waals surface area contributed by atoms with Crippen LogP contribution in [0.2, 0.25) is 0 Å². The molecule has 6 heteroatoms. The van der Waals surface area contributed by atoms with Gasteiger partial charge in [-0.3, -0.25) is 0 Å². The summed E-state index contributed by atoms with van der Waals surface area (Å²) < 4.78 is 42.7. The molecule has 1 heterocycles. The number of rotatable bonds is 6. The highest BCUT2D eigenvalue weighted by Gasteiger charge is 2.29. The minimum atomic E-state index is -4.29. The topological polar surface area (TPSA) is 24.5 Å². The van der Waals surface area contributed by atoms with E-state index in [4.69, 9.17) is 4.74 Å². The summed E-state index contributed by atoms with van der Waals surface area (Å²) in [7, 11) is 0. The van der Waals surface area contributed by atoms with E-state index in [0.29, 0.717) is 12.4 Å². The lowest BCUT2D eigenvalue weighted by Gasteiger charge is -2.26. The quantitative estimate of drug-likeness (QED) is 0.818. The number of nitrogens with zero attached hydrogens (tertiary/aromatic N) is 1. The lowest BCUT2D eigenvalue weighted by atomic mass is 10.2. The molecule has 1 aromatic rings. The predicted octanol–water partition coefficient (Wildman–Crippen LogP) is 2.77. The van der Waals surface area contributed by atoms with Gasteiger partial charge in [0.25, 0.3) is 0 Å².